The van der Waals surface area contributed by atoms with Crippen molar-refractivity contribution in [3.8, 4) is 11.4 Å². The summed E-state index contributed by atoms with van der Waals surface area (Å²) < 4.78 is 45.7. The number of aliphatic carboxylic acids is 2. The van der Waals surface area contributed by atoms with E-state index in [4.69, 9.17) is 14.8 Å². The molecule has 2 amide bonds. The second kappa shape index (κ2) is 12.3. The summed E-state index contributed by atoms with van der Waals surface area (Å²) in [5.41, 5.74) is -0.671. The molecule has 0 aliphatic rings. The van der Waals surface area contributed by atoms with E-state index >= 15 is 0 Å². The number of carbonyl (C=O) groups excluding carboxylic acids is 2. The number of aromatic nitrogens is 2. The molecule has 0 radical (unpaired) electrons. The van der Waals surface area contributed by atoms with Gasteiger partial charge < -0.3 is 20.8 Å². The van der Waals surface area contributed by atoms with Gasteiger partial charge in [0.05, 0.1) is 6.42 Å². The number of hydrogen-bond acceptors (Lipinski definition) is 8. The molecule has 1 heterocycles. The number of nitrogens with zero attached hydrogens (tertiary/aromatic N) is 2. The van der Waals surface area contributed by atoms with Crippen molar-refractivity contribution in [1.82, 2.24) is 14.9 Å². The van der Waals surface area contributed by atoms with Gasteiger partial charge in [0.25, 0.3) is 21.6 Å². The van der Waals surface area contributed by atoms with Gasteiger partial charge in [-0.15, -0.1) is 0 Å². The Bertz CT molecular complexity index is 1640. The minimum absolute atomic E-state index is 0.0343. The molecule has 0 unspecified atom stereocenters. The number of rotatable bonds is 11. The van der Waals surface area contributed by atoms with Crippen molar-refractivity contribution in [2.24, 2.45) is 0 Å². The predicted molar refractivity (Wildman–Crippen MR) is 135 cm³/mol. The largest absolute Gasteiger partial charge is 0.481 e. The second-order valence-electron chi connectivity index (χ2n) is 8.33. The quantitative estimate of drug-likeness (QED) is 0.200. The summed E-state index contributed by atoms with van der Waals surface area (Å²) in [6, 6.07) is 8.92. The van der Waals surface area contributed by atoms with E-state index in [1.807, 2.05) is 5.32 Å². The molecule has 0 saturated heterocycles. The van der Waals surface area contributed by atoms with Gasteiger partial charge in [0.1, 0.15) is 35.8 Å². The average molecular weight is 577 g/mol. The normalized spacial score (nSPS) is 11.8. The Labute approximate surface area is 224 Å². The highest BCUT2D eigenvalue weighted by Crippen LogP contribution is 2.19. The summed E-state index contributed by atoms with van der Waals surface area (Å²) >= 11 is 0. The van der Waals surface area contributed by atoms with Gasteiger partial charge in [-0.3, -0.25) is 28.3 Å². The third-order valence-corrected chi connectivity index (χ3v) is 5.90. The minimum atomic E-state index is -4.37. The molecule has 40 heavy (non-hydrogen) atoms. The number of hydrogen-bond donors (Lipinski definition) is 5. The van der Waals surface area contributed by atoms with Crippen LogP contribution in [0.2, 0.25) is 0 Å². The van der Waals surface area contributed by atoms with Crippen LogP contribution in [0.4, 0.5) is 10.2 Å². The van der Waals surface area contributed by atoms with Crippen LogP contribution < -0.4 is 16.2 Å². The van der Waals surface area contributed by atoms with Gasteiger partial charge in [0.15, 0.2) is 0 Å². The van der Waals surface area contributed by atoms with Crippen LogP contribution in [-0.4, -0.2) is 62.5 Å². The highest BCUT2D eigenvalue weighted by Gasteiger charge is 2.24. The first kappa shape index (κ1) is 29.6. The molecule has 0 aliphatic heterocycles. The van der Waals surface area contributed by atoms with Gasteiger partial charge in [-0.1, -0.05) is 12.1 Å². The topological polar surface area (TPSA) is 222 Å². The molecular formula is C24H21FN4O10S. The molecule has 14 nitrogen and oxygen atoms in total. The lowest BCUT2D eigenvalue weighted by Crippen LogP contribution is -2.44. The number of amides is 2. The van der Waals surface area contributed by atoms with Crippen LogP contribution in [0.15, 0.2) is 59.4 Å². The van der Waals surface area contributed by atoms with Crippen LogP contribution in [-0.2, 0) is 36.8 Å². The zero-order valence-electron chi connectivity index (χ0n) is 20.3. The standard InChI is InChI=1S/C24H21FN4O10S/c25-16-6-4-14(5-7-16)22-27-18(28-23(34)15-3-1-2-13(8-15)12-40(37,38)39)10-20(31)29(22)11-19(30)26-17(24(35)36)9-21(32)33/h1-8,10,17H,9,11-12H2,(H,26,30)(H,28,34)(H,32,33)(H,35,36)(H,37,38,39)/t17-/m0/s1. The van der Waals surface area contributed by atoms with Crippen LogP contribution in [0, 0.1) is 5.82 Å². The minimum Gasteiger partial charge on any atom is -0.481 e. The predicted octanol–water partition coefficient (Wildman–Crippen LogP) is 0.734. The molecular weight excluding hydrogens is 555 g/mol. The number of carbonyl (C=O) groups is 4. The average Bonchev–Trinajstić information content (AvgIpc) is 2.84. The summed E-state index contributed by atoms with van der Waals surface area (Å²) in [7, 11) is -4.37. The van der Waals surface area contributed by atoms with Crippen molar-refractivity contribution in [2.75, 3.05) is 5.32 Å². The van der Waals surface area contributed by atoms with Crippen molar-refractivity contribution in [3.05, 3.63) is 81.9 Å². The summed E-state index contributed by atoms with van der Waals surface area (Å²) in [6.07, 6.45) is -0.921. The van der Waals surface area contributed by atoms with E-state index in [0.29, 0.717) is 0 Å². The Morgan fingerprint density at radius 1 is 1.02 bits per heavy atom. The van der Waals surface area contributed by atoms with Crippen LogP contribution in [0.5, 0.6) is 0 Å². The first-order valence-corrected chi connectivity index (χ1v) is 12.8. The number of carboxylic acid groups (broad SMARTS) is 2. The van der Waals surface area contributed by atoms with E-state index in [0.717, 1.165) is 22.8 Å². The van der Waals surface area contributed by atoms with Gasteiger partial charge >= 0.3 is 11.9 Å². The van der Waals surface area contributed by atoms with E-state index in [-0.39, 0.29) is 28.3 Å². The second-order valence-corrected chi connectivity index (χ2v) is 9.79. The summed E-state index contributed by atoms with van der Waals surface area (Å²) in [6.45, 7) is -0.798. The van der Waals surface area contributed by atoms with Gasteiger partial charge in [-0.2, -0.15) is 8.42 Å². The lowest BCUT2D eigenvalue weighted by molar-refractivity contribution is -0.147. The number of benzene rings is 2. The lowest BCUT2D eigenvalue weighted by Gasteiger charge is -2.16. The molecule has 0 fully saturated rings. The first-order valence-electron chi connectivity index (χ1n) is 11.2. The molecule has 0 spiro atoms. The van der Waals surface area contributed by atoms with Gasteiger partial charge in [0.2, 0.25) is 5.91 Å². The van der Waals surface area contributed by atoms with Crippen LogP contribution in [0.1, 0.15) is 22.3 Å². The maximum absolute atomic E-state index is 13.5. The Hall–Kier alpha value is -4.96. The van der Waals surface area contributed by atoms with E-state index in [1.165, 1.54) is 36.4 Å². The molecule has 1 atom stereocenters. The maximum atomic E-state index is 13.5. The van der Waals surface area contributed by atoms with E-state index < -0.39 is 70.0 Å². The Kier molecular flexibility index (Phi) is 9.08. The maximum Gasteiger partial charge on any atom is 0.326 e. The fourth-order valence-electron chi connectivity index (χ4n) is 3.50. The first-order chi connectivity index (χ1) is 18.7. The SMILES string of the molecule is O=C(O)C[C@H](NC(=O)Cn1c(-c2ccc(F)cc2)nc(NC(=O)c2cccc(CS(=O)(=O)O)c2)cc1=O)C(=O)O. The number of anilines is 1. The van der Waals surface area contributed by atoms with Crippen molar-refractivity contribution >= 4 is 39.7 Å². The summed E-state index contributed by atoms with van der Waals surface area (Å²) in [4.78, 5) is 64.7. The molecule has 2 aromatic carbocycles. The van der Waals surface area contributed by atoms with Gasteiger partial charge in [-0.25, -0.2) is 14.2 Å². The molecule has 3 aromatic rings. The fraction of sp³-hybridized carbons (Fsp3) is 0.167. The van der Waals surface area contributed by atoms with E-state index in [2.05, 4.69) is 10.3 Å². The molecule has 5 N–H and O–H groups in total. The van der Waals surface area contributed by atoms with Crippen molar-refractivity contribution in [1.29, 1.82) is 0 Å². The molecule has 210 valence electrons. The number of carboxylic acids is 2. The fourth-order valence-corrected chi connectivity index (χ4v) is 4.10. The highest BCUT2D eigenvalue weighted by molar-refractivity contribution is 7.85. The number of nitrogens with one attached hydrogen (secondary N) is 2. The van der Waals surface area contributed by atoms with Crippen molar-refractivity contribution < 1.29 is 46.8 Å². The Morgan fingerprint density at radius 3 is 2.30 bits per heavy atom. The zero-order valence-corrected chi connectivity index (χ0v) is 21.1. The molecule has 1 aromatic heterocycles. The number of halogens is 1. The lowest BCUT2D eigenvalue weighted by atomic mass is 10.1. The van der Waals surface area contributed by atoms with Gasteiger partial charge in [0, 0.05) is 17.2 Å². The van der Waals surface area contributed by atoms with Crippen LogP contribution in [0.25, 0.3) is 11.4 Å². The van der Waals surface area contributed by atoms with E-state index in [9.17, 15) is 36.8 Å². The highest BCUT2D eigenvalue weighted by atomic mass is 32.2. The summed E-state index contributed by atoms with van der Waals surface area (Å²) in [5.74, 6) is -6.81. The molecule has 0 aliphatic carbocycles. The molecule has 16 heteroatoms. The molecule has 0 bridgehead atoms. The van der Waals surface area contributed by atoms with Gasteiger partial charge in [-0.05, 0) is 42.0 Å². The summed E-state index contributed by atoms with van der Waals surface area (Å²) in [5, 5.41) is 22.4. The van der Waals surface area contributed by atoms with Crippen molar-refractivity contribution in [2.45, 2.75) is 24.8 Å². The van der Waals surface area contributed by atoms with Crippen molar-refractivity contribution in [3.63, 3.8) is 0 Å². The smallest absolute Gasteiger partial charge is 0.326 e. The van der Waals surface area contributed by atoms with Crippen LogP contribution >= 0.6 is 0 Å². The van der Waals surface area contributed by atoms with Crippen LogP contribution in [0.3, 0.4) is 0 Å². The Balaban J connectivity index is 1.95. The zero-order chi connectivity index (χ0) is 29.6. The third-order valence-electron chi connectivity index (χ3n) is 5.20. The Morgan fingerprint density at radius 2 is 1.70 bits per heavy atom. The monoisotopic (exact) mass is 576 g/mol. The molecule has 0 saturated carbocycles. The third kappa shape index (κ3) is 8.27. The van der Waals surface area contributed by atoms with E-state index in [1.54, 1.807) is 0 Å². The molecule has 3 rings (SSSR count).